The zero-order valence-corrected chi connectivity index (χ0v) is 13.0. The number of hydrogen-bond acceptors (Lipinski definition) is 2. The first-order valence-corrected chi connectivity index (χ1v) is 8.04. The highest BCUT2D eigenvalue weighted by molar-refractivity contribution is 5.81. The Balaban J connectivity index is 1.74. The first-order chi connectivity index (χ1) is 10.3. The molecule has 0 saturated carbocycles. The summed E-state index contributed by atoms with van der Waals surface area (Å²) in [5.74, 6) is 0.108. The summed E-state index contributed by atoms with van der Waals surface area (Å²) in [6, 6.07) is 10.1. The molecule has 0 atom stereocenters. The van der Waals surface area contributed by atoms with Crippen molar-refractivity contribution in [2.45, 2.75) is 39.0 Å². The molecule has 0 fully saturated rings. The number of rotatable bonds is 7. The van der Waals surface area contributed by atoms with E-state index in [0.29, 0.717) is 6.54 Å². The highest BCUT2D eigenvalue weighted by Gasteiger charge is 2.10. The van der Waals surface area contributed by atoms with Crippen molar-refractivity contribution in [1.29, 1.82) is 0 Å². The SMILES string of the molecule is CCN(CC(=O)NCCC1=CCCCC1)c1ccccc1. The third-order valence-electron chi connectivity index (χ3n) is 3.99. The van der Waals surface area contributed by atoms with Crippen molar-refractivity contribution in [3.05, 3.63) is 42.0 Å². The summed E-state index contributed by atoms with van der Waals surface area (Å²) < 4.78 is 0. The van der Waals surface area contributed by atoms with Crippen molar-refractivity contribution in [1.82, 2.24) is 5.32 Å². The molecule has 1 aliphatic rings. The van der Waals surface area contributed by atoms with Gasteiger partial charge in [-0.05, 0) is 51.2 Å². The molecule has 0 radical (unpaired) electrons. The van der Waals surface area contributed by atoms with Crippen LogP contribution in [0.4, 0.5) is 5.69 Å². The van der Waals surface area contributed by atoms with Gasteiger partial charge < -0.3 is 10.2 Å². The van der Waals surface area contributed by atoms with Crippen LogP contribution < -0.4 is 10.2 Å². The van der Waals surface area contributed by atoms with Crippen molar-refractivity contribution >= 4 is 11.6 Å². The number of anilines is 1. The molecule has 0 bridgehead atoms. The van der Waals surface area contributed by atoms with Gasteiger partial charge in [-0.25, -0.2) is 0 Å². The molecule has 0 spiro atoms. The van der Waals surface area contributed by atoms with Crippen molar-refractivity contribution in [3.8, 4) is 0 Å². The van der Waals surface area contributed by atoms with Crippen molar-refractivity contribution in [3.63, 3.8) is 0 Å². The van der Waals surface area contributed by atoms with Gasteiger partial charge in [-0.2, -0.15) is 0 Å². The fraction of sp³-hybridized carbons (Fsp3) is 0.500. The van der Waals surface area contributed by atoms with Gasteiger partial charge in [0, 0.05) is 18.8 Å². The predicted octanol–water partition coefficient (Wildman–Crippen LogP) is 3.52. The van der Waals surface area contributed by atoms with Crippen LogP contribution in [0.15, 0.2) is 42.0 Å². The first-order valence-electron chi connectivity index (χ1n) is 8.04. The van der Waals surface area contributed by atoms with Crippen molar-refractivity contribution < 1.29 is 4.79 Å². The molecule has 3 nitrogen and oxygen atoms in total. The maximum Gasteiger partial charge on any atom is 0.239 e. The van der Waals surface area contributed by atoms with Gasteiger partial charge in [0.05, 0.1) is 6.54 Å². The van der Waals surface area contributed by atoms with Crippen LogP contribution in [0.2, 0.25) is 0 Å². The Morgan fingerprint density at radius 3 is 2.71 bits per heavy atom. The van der Waals surface area contributed by atoms with E-state index < -0.39 is 0 Å². The Kier molecular flexibility index (Phi) is 6.32. The summed E-state index contributed by atoms with van der Waals surface area (Å²) >= 11 is 0. The number of nitrogens with zero attached hydrogens (tertiary/aromatic N) is 1. The molecule has 2 rings (SSSR count). The molecule has 0 saturated heterocycles. The molecule has 1 aromatic carbocycles. The van der Waals surface area contributed by atoms with Gasteiger partial charge >= 0.3 is 0 Å². The zero-order valence-electron chi connectivity index (χ0n) is 13.0. The van der Waals surface area contributed by atoms with Crippen LogP contribution in [0.25, 0.3) is 0 Å². The number of para-hydroxylation sites is 1. The average Bonchev–Trinajstić information content (AvgIpc) is 2.54. The molecule has 21 heavy (non-hydrogen) atoms. The molecule has 0 unspecified atom stereocenters. The third-order valence-corrected chi connectivity index (χ3v) is 3.99. The van der Waals surface area contributed by atoms with E-state index in [9.17, 15) is 4.79 Å². The summed E-state index contributed by atoms with van der Waals surface area (Å²) in [6.45, 7) is 4.10. The lowest BCUT2D eigenvalue weighted by molar-refractivity contribution is -0.119. The molecule has 1 N–H and O–H groups in total. The van der Waals surface area contributed by atoms with E-state index in [1.165, 1.54) is 31.3 Å². The Morgan fingerprint density at radius 2 is 2.05 bits per heavy atom. The zero-order chi connectivity index (χ0) is 14.9. The molecular weight excluding hydrogens is 260 g/mol. The average molecular weight is 286 g/mol. The number of hydrogen-bond donors (Lipinski definition) is 1. The quantitative estimate of drug-likeness (QED) is 0.778. The Hall–Kier alpha value is -1.77. The molecule has 1 aliphatic carbocycles. The summed E-state index contributed by atoms with van der Waals surface area (Å²) in [6.07, 6.45) is 8.39. The normalized spacial score (nSPS) is 14.4. The third kappa shape index (κ3) is 5.25. The Labute approximate surface area is 128 Å². The lowest BCUT2D eigenvalue weighted by Gasteiger charge is -2.22. The fourth-order valence-corrected chi connectivity index (χ4v) is 2.75. The van der Waals surface area contributed by atoms with Gasteiger partial charge in [-0.15, -0.1) is 0 Å². The van der Waals surface area contributed by atoms with E-state index in [0.717, 1.165) is 25.2 Å². The lowest BCUT2D eigenvalue weighted by atomic mass is 9.97. The van der Waals surface area contributed by atoms with Gasteiger partial charge in [-0.3, -0.25) is 4.79 Å². The molecule has 0 heterocycles. The summed E-state index contributed by atoms with van der Waals surface area (Å²) in [7, 11) is 0. The number of allylic oxidation sites excluding steroid dienone is 1. The second-order valence-corrected chi connectivity index (χ2v) is 5.56. The molecule has 114 valence electrons. The summed E-state index contributed by atoms with van der Waals surface area (Å²) in [4.78, 5) is 14.1. The predicted molar refractivity (Wildman–Crippen MR) is 88.5 cm³/mol. The van der Waals surface area contributed by atoms with Crippen molar-refractivity contribution in [2.24, 2.45) is 0 Å². The molecular formula is C18H26N2O. The van der Waals surface area contributed by atoms with E-state index in [1.807, 2.05) is 30.3 Å². The second-order valence-electron chi connectivity index (χ2n) is 5.56. The number of carbonyl (C=O) groups is 1. The molecule has 0 aromatic heterocycles. The number of amides is 1. The minimum Gasteiger partial charge on any atom is -0.363 e. The van der Waals surface area contributed by atoms with Gasteiger partial charge in [-0.1, -0.05) is 29.8 Å². The monoisotopic (exact) mass is 286 g/mol. The smallest absolute Gasteiger partial charge is 0.239 e. The van der Waals surface area contributed by atoms with E-state index in [4.69, 9.17) is 0 Å². The van der Waals surface area contributed by atoms with Gasteiger partial charge in [0.1, 0.15) is 0 Å². The van der Waals surface area contributed by atoms with Gasteiger partial charge in [0.15, 0.2) is 0 Å². The maximum atomic E-state index is 12.1. The van der Waals surface area contributed by atoms with E-state index in [1.54, 1.807) is 0 Å². The van der Waals surface area contributed by atoms with E-state index in [-0.39, 0.29) is 5.91 Å². The second kappa shape index (κ2) is 8.50. The number of benzene rings is 1. The summed E-state index contributed by atoms with van der Waals surface area (Å²) in [5, 5.41) is 3.04. The number of likely N-dealkylation sites (N-methyl/N-ethyl adjacent to an activating group) is 1. The number of nitrogens with one attached hydrogen (secondary N) is 1. The van der Waals surface area contributed by atoms with E-state index >= 15 is 0 Å². The lowest BCUT2D eigenvalue weighted by Crippen LogP contribution is -2.37. The van der Waals surface area contributed by atoms with Crippen LogP contribution in [-0.2, 0) is 4.79 Å². The highest BCUT2D eigenvalue weighted by Crippen LogP contribution is 2.19. The summed E-state index contributed by atoms with van der Waals surface area (Å²) in [5.41, 5.74) is 2.61. The minimum atomic E-state index is 0.108. The Morgan fingerprint density at radius 1 is 1.24 bits per heavy atom. The maximum absolute atomic E-state index is 12.1. The van der Waals surface area contributed by atoms with Crippen LogP contribution in [0.1, 0.15) is 39.0 Å². The highest BCUT2D eigenvalue weighted by atomic mass is 16.2. The Bertz CT molecular complexity index is 467. The van der Waals surface area contributed by atoms with Crippen LogP contribution in [0.5, 0.6) is 0 Å². The number of carbonyl (C=O) groups excluding carboxylic acids is 1. The van der Waals surface area contributed by atoms with E-state index in [2.05, 4.69) is 23.2 Å². The van der Waals surface area contributed by atoms with Crippen LogP contribution >= 0.6 is 0 Å². The van der Waals surface area contributed by atoms with Crippen LogP contribution in [0, 0.1) is 0 Å². The van der Waals surface area contributed by atoms with Gasteiger partial charge in [0.25, 0.3) is 0 Å². The fourth-order valence-electron chi connectivity index (χ4n) is 2.75. The molecule has 3 heteroatoms. The standard InChI is InChI=1S/C18H26N2O/c1-2-20(17-11-7-4-8-12-17)15-18(21)19-14-13-16-9-5-3-6-10-16/h4,7-9,11-12H,2-3,5-6,10,13-15H2,1H3,(H,19,21). The van der Waals surface area contributed by atoms with Gasteiger partial charge in [0.2, 0.25) is 5.91 Å². The molecule has 1 amide bonds. The topological polar surface area (TPSA) is 32.3 Å². The molecule has 1 aromatic rings. The first kappa shape index (κ1) is 15.6. The molecule has 0 aliphatic heterocycles. The minimum absolute atomic E-state index is 0.108. The van der Waals surface area contributed by atoms with Crippen LogP contribution in [0.3, 0.4) is 0 Å². The van der Waals surface area contributed by atoms with Crippen molar-refractivity contribution in [2.75, 3.05) is 24.5 Å². The van der Waals surface area contributed by atoms with Crippen LogP contribution in [-0.4, -0.2) is 25.5 Å². The largest absolute Gasteiger partial charge is 0.363 e.